The Balaban J connectivity index is 1.69. The van der Waals surface area contributed by atoms with Crippen LogP contribution in [0.25, 0.3) is 0 Å². The quantitative estimate of drug-likeness (QED) is 0.684. The predicted molar refractivity (Wildman–Crippen MR) is 86.9 cm³/mol. The zero-order valence-corrected chi connectivity index (χ0v) is 14.0. The molecule has 0 saturated heterocycles. The zero-order chi connectivity index (χ0) is 15.5. The number of nitrogens with zero attached hydrogens (tertiary/aromatic N) is 1. The Bertz CT molecular complexity index is 360. The maximum atomic E-state index is 11.6. The highest BCUT2D eigenvalue weighted by Gasteiger charge is 2.39. The second-order valence-corrected chi connectivity index (χ2v) is 7.53. The summed E-state index contributed by atoms with van der Waals surface area (Å²) in [4.78, 5) is 14.1. The molecule has 0 aliphatic heterocycles. The minimum Gasteiger partial charge on any atom is -0.368 e. The molecule has 0 aromatic carbocycles. The van der Waals surface area contributed by atoms with Crippen LogP contribution in [-0.4, -0.2) is 43.0 Å². The molecule has 2 rings (SSSR count). The number of primary amides is 1. The maximum absolute atomic E-state index is 11.6. The van der Waals surface area contributed by atoms with Crippen LogP contribution in [0, 0.1) is 17.8 Å². The molecule has 2 fully saturated rings. The zero-order valence-electron chi connectivity index (χ0n) is 14.0. The topological polar surface area (TPSA) is 58.4 Å². The molecule has 2 bridgehead atoms. The van der Waals surface area contributed by atoms with Gasteiger partial charge in [0.05, 0.1) is 5.54 Å². The summed E-state index contributed by atoms with van der Waals surface area (Å²) in [6, 6.07) is 0. The third-order valence-corrected chi connectivity index (χ3v) is 5.76. The molecule has 122 valence electrons. The van der Waals surface area contributed by atoms with E-state index in [4.69, 9.17) is 5.73 Å². The molecular weight excluding hydrogens is 262 g/mol. The first-order valence-corrected chi connectivity index (χ1v) is 8.68. The summed E-state index contributed by atoms with van der Waals surface area (Å²) in [6.07, 6.45) is 7.71. The van der Waals surface area contributed by atoms with E-state index < -0.39 is 5.54 Å². The molecule has 0 radical (unpaired) electrons. The normalized spacial score (nSPS) is 30.8. The van der Waals surface area contributed by atoms with E-state index in [0.29, 0.717) is 0 Å². The van der Waals surface area contributed by atoms with Gasteiger partial charge in [-0.3, -0.25) is 4.79 Å². The van der Waals surface area contributed by atoms with Gasteiger partial charge in [0.2, 0.25) is 5.91 Å². The van der Waals surface area contributed by atoms with Crippen LogP contribution in [0.4, 0.5) is 0 Å². The van der Waals surface area contributed by atoms with Gasteiger partial charge < -0.3 is 16.0 Å². The van der Waals surface area contributed by atoms with Gasteiger partial charge >= 0.3 is 0 Å². The van der Waals surface area contributed by atoms with Crippen LogP contribution in [0.2, 0.25) is 0 Å². The molecule has 0 aromatic heterocycles. The number of amides is 1. The van der Waals surface area contributed by atoms with Gasteiger partial charge in [-0.2, -0.15) is 0 Å². The van der Waals surface area contributed by atoms with Crippen molar-refractivity contribution in [3.63, 3.8) is 0 Å². The van der Waals surface area contributed by atoms with Crippen LogP contribution in [0.1, 0.15) is 52.4 Å². The number of likely N-dealkylation sites (N-methyl/N-ethyl adjacent to an activating group) is 1. The van der Waals surface area contributed by atoms with Gasteiger partial charge in [-0.1, -0.05) is 13.3 Å². The van der Waals surface area contributed by atoms with Crippen molar-refractivity contribution < 1.29 is 4.79 Å². The summed E-state index contributed by atoms with van der Waals surface area (Å²) in [5.41, 5.74) is 4.98. The Hall–Kier alpha value is -0.610. The van der Waals surface area contributed by atoms with Crippen LogP contribution < -0.4 is 11.1 Å². The van der Waals surface area contributed by atoms with Gasteiger partial charge in [0.25, 0.3) is 0 Å². The summed E-state index contributed by atoms with van der Waals surface area (Å²) in [5, 5.41) is 3.23. The van der Waals surface area contributed by atoms with Crippen LogP contribution in [0.5, 0.6) is 0 Å². The van der Waals surface area contributed by atoms with Crippen molar-refractivity contribution in [2.75, 3.05) is 26.7 Å². The van der Waals surface area contributed by atoms with Crippen molar-refractivity contribution in [1.29, 1.82) is 0 Å². The number of hydrogen-bond acceptors (Lipinski definition) is 3. The van der Waals surface area contributed by atoms with Gasteiger partial charge in [0.15, 0.2) is 0 Å². The summed E-state index contributed by atoms with van der Waals surface area (Å²) in [5.74, 6) is 2.71. The fraction of sp³-hybridized carbons (Fsp3) is 0.941. The highest BCUT2D eigenvalue weighted by molar-refractivity contribution is 5.84. The highest BCUT2D eigenvalue weighted by atomic mass is 16.1. The van der Waals surface area contributed by atoms with Crippen molar-refractivity contribution in [3.05, 3.63) is 0 Å². The lowest BCUT2D eigenvalue weighted by atomic mass is 9.88. The van der Waals surface area contributed by atoms with E-state index in [0.717, 1.165) is 43.7 Å². The average Bonchev–Trinajstić information content (AvgIpc) is 3.01. The van der Waals surface area contributed by atoms with E-state index >= 15 is 0 Å². The molecule has 0 spiro atoms. The maximum Gasteiger partial charge on any atom is 0.237 e. The van der Waals surface area contributed by atoms with Gasteiger partial charge in [-0.25, -0.2) is 0 Å². The number of carbonyl (C=O) groups excluding carboxylic acids is 1. The van der Waals surface area contributed by atoms with Crippen molar-refractivity contribution in [2.45, 2.75) is 57.9 Å². The Morgan fingerprint density at radius 2 is 2.14 bits per heavy atom. The lowest BCUT2D eigenvalue weighted by Crippen LogP contribution is -2.53. The molecular formula is C17H33N3O. The standard InChI is InChI=1S/C17H33N3O/c1-4-19-17(2,16(18)21)8-5-9-20(3)12-15-11-13-6-7-14(15)10-13/h13-15,19H,4-12H2,1-3H3,(H2,18,21). The fourth-order valence-electron chi connectivity index (χ4n) is 4.48. The van der Waals surface area contributed by atoms with E-state index in [1.165, 1.54) is 32.2 Å². The van der Waals surface area contributed by atoms with Crippen molar-refractivity contribution in [2.24, 2.45) is 23.5 Å². The molecule has 1 amide bonds. The minimum atomic E-state index is -0.554. The number of rotatable bonds is 9. The minimum absolute atomic E-state index is 0.236. The van der Waals surface area contributed by atoms with E-state index in [1.807, 2.05) is 13.8 Å². The van der Waals surface area contributed by atoms with Gasteiger partial charge in [-0.05, 0) is 76.9 Å². The summed E-state index contributed by atoms with van der Waals surface area (Å²) >= 11 is 0. The predicted octanol–water partition coefficient (Wildman–Crippen LogP) is 1.99. The molecule has 4 unspecified atom stereocenters. The number of fused-ring (bicyclic) bond motifs is 2. The van der Waals surface area contributed by atoms with Gasteiger partial charge in [0, 0.05) is 6.54 Å². The SMILES string of the molecule is CCNC(C)(CCCN(C)CC1CC2CCC1C2)C(N)=O. The van der Waals surface area contributed by atoms with E-state index in [-0.39, 0.29) is 5.91 Å². The Kier molecular flexibility index (Phi) is 5.67. The first kappa shape index (κ1) is 16.8. The third kappa shape index (κ3) is 4.19. The van der Waals surface area contributed by atoms with Crippen molar-refractivity contribution >= 4 is 5.91 Å². The molecule has 2 saturated carbocycles. The molecule has 0 heterocycles. The molecule has 2 aliphatic carbocycles. The number of nitrogens with two attached hydrogens (primary N) is 1. The number of hydrogen-bond donors (Lipinski definition) is 2. The summed E-state index contributed by atoms with van der Waals surface area (Å²) in [6.45, 7) is 7.01. The first-order valence-electron chi connectivity index (χ1n) is 8.68. The molecule has 21 heavy (non-hydrogen) atoms. The third-order valence-electron chi connectivity index (χ3n) is 5.76. The number of carbonyl (C=O) groups is 1. The Labute approximate surface area is 129 Å². The van der Waals surface area contributed by atoms with Gasteiger partial charge in [0.1, 0.15) is 0 Å². The molecule has 2 aliphatic rings. The second-order valence-electron chi connectivity index (χ2n) is 7.53. The smallest absolute Gasteiger partial charge is 0.237 e. The summed E-state index contributed by atoms with van der Waals surface area (Å²) < 4.78 is 0. The largest absolute Gasteiger partial charge is 0.368 e. The lowest BCUT2D eigenvalue weighted by molar-refractivity contribution is -0.124. The Morgan fingerprint density at radius 3 is 2.67 bits per heavy atom. The van der Waals surface area contributed by atoms with Crippen LogP contribution in [-0.2, 0) is 4.79 Å². The summed E-state index contributed by atoms with van der Waals surface area (Å²) in [7, 11) is 2.22. The molecule has 4 nitrogen and oxygen atoms in total. The monoisotopic (exact) mass is 295 g/mol. The first-order chi connectivity index (χ1) is 9.94. The average molecular weight is 295 g/mol. The number of nitrogens with one attached hydrogen (secondary N) is 1. The second kappa shape index (κ2) is 7.10. The Morgan fingerprint density at radius 1 is 1.38 bits per heavy atom. The van der Waals surface area contributed by atoms with Crippen molar-refractivity contribution in [1.82, 2.24) is 10.2 Å². The molecule has 4 heteroatoms. The highest BCUT2D eigenvalue weighted by Crippen LogP contribution is 2.48. The van der Waals surface area contributed by atoms with E-state index in [9.17, 15) is 4.79 Å². The molecule has 0 aromatic rings. The van der Waals surface area contributed by atoms with E-state index in [2.05, 4.69) is 17.3 Å². The molecule has 4 atom stereocenters. The van der Waals surface area contributed by atoms with E-state index in [1.54, 1.807) is 0 Å². The van der Waals surface area contributed by atoms with Crippen LogP contribution >= 0.6 is 0 Å². The van der Waals surface area contributed by atoms with Gasteiger partial charge in [-0.15, -0.1) is 0 Å². The lowest BCUT2D eigenvalue weighted by Gasteiger charge is -2.30. The van der Waals surface area contributed by atoms with Crippen molar-refractivity contribution in [3.8, 4) is 0 Å². The molecule has 3 N–H and O–H groups in total. The fourth-order valence-corrected chi connectivity index (χ4v) is 4.48. The van der Waals surface area contributed by atoms with Crippen LogP contribution in [0.3, 0.4) is 0 Å². The van der Waals surface area contributed by atoms with Crippen LogP contribution in [0.15, 0.2) is 0 Å².